The number of amides is 1. The van der Waals surface area contributed by atoms with E-state index in [1.807, 2.05) is 18.3 Å². The van der Waals surface area contributed by atoms with E-state index in [2.05, 4.69) is 46.6 Å². The molecule has 10 heteroatoms. The lowest BCUT2D eigenvalue weighted by molar-refractivity contribution is -0.127. The van der Waals surface area contributed by atoms with Gasteiger partial charge in [0, 0.05) is 42.4 Å². The van der Waals surface area contributed by atoms with Crippen molar-refractivity contribution in [2.75, 3.05) is 29.5 Å². The van der Waals surface area contributed by atoms with E-state index in [0.717, 1.165) is 53.9 Å². The number of carbonyl (C=O) groups is 1. The molecule has 2 atom stereocenters. The van der Waals surface area contributed by atoms with Crippen LogP contribution in [0, 0.1) is 28.6 Å². The Kier molecular flexibility index (Phi) is 7.25. The molecule has 1 saturated heterocycles. The van der Waals surface area contributed by atoms with Gasteiger partial charge in [0.05, 0.1) is 40.6 Å². The molecule has 9 nitrogen and oxygen atoms in total. The van der Waals surface area contributed by atoms with Gasteiger partial charge in [-0.15, -0.1) is 0 Å². The number of nitrogens with zero attached hydrogens (tertiary/aromatic N) is 5. The van der Waals surface area contributed by atoms with E-state index in [0.29, 0.717) is 43.0 Å². The van der Waals surface area contributed by atoms with Crippen molar-refractivity contribution < 1.29 is 13.9 Å². The van der Waals surface area contributed by atoms with Crippen LogP contribution in [0.5, 0.6) is 0 Å². The first-order chi connectivity index (χ1) is 19.8. The van der Waals surface area contributed by atoms with Crippen LogP contribution in [-0.4, -0.2) is 54.9 Å². The summed E-state index contributed by atoms with van der Waals surface area (Å²) in [6, 6.07) is 20.0. The number of benzene rings is 2. The molecule has 0 radical (unpaired) electrons. The quantitative estimate of drug-likeness (QED) is 0.359. The first kappa shape index (κ1) is 27.3. The van der Waals surface area contributed by atoms with Gasteiger partial charge in [-0.25, -0.2) is 4.68 Å². The van der Waals surface area contributed by atoms with Gasteiger partial charge in [0.2, 0.25) is 5.91 Å². The third-order valence-electron chi connectivity index (χ3n) is 8.68. The Bertz CT molecular complexity index is 1520. The van der Waals surface area contributed by atoms with Gasteiger partial charge >= 0.3 is 0 Å². The van der Waals surface area contributed by atoms with Crippen LogP contribution in [0.4, 0.5) is 5.69 Å². The molecule has 1 aromatic heterocycles. The fourth-order valence-corrected chi connectivity index (χ4v) is 7.29. The van der Waals surface area contributed by atoms with Gasteiger partial charge in [-0.1, -0.05) is 31.0 Å². The van der Waals surface area contributed by atoms with E-state index in [4.69, 9.17) is 5.10 Å². The monoisotopic (exact) mass is 570 g/mol. The maximum atomic E-state index is 13.5. The molecule has 2 aromatic carbocycles. The van der Waals surface area contributed by atoms with Crippen LogP contribution in [0.2, 0.25) is 0 Å². The summed E-state index contributed by atoms with van der Waals surface area (Å²) in [5.74, 6) is 0.333. The summed E-state index contributed by atoms with van der Waals surface area (Å²) in [6.45, 7) is 1.20. The summed E-state index contributed by atoms with van der Waals surface area (Å²) in [4.78, 5) is 15.7. The molecule has 2 aliphatic carbocycles. The maximum absolute atomic E-state index is 13.5. The lowest BCUT2D eigenvalue weighted by Gasteiger charge is -2.41. The van der Waals surface area contributed by atoms with Crippen molar-refractivity contribution in [3.8, 4) is 29.0 Å². The Morgan fingerprint density at radius 2 is 1.76 bits per heavy atom. The first-order valence-corrected chi connectivity index (χ1v) is 16.1. The van der Waals surface area contributed by atoms with E-state index in [-0.39, 0.29) is 17.7 Å². The van der Waals surface area contributed by atoms with E-state index >= 15 is 0 Å². The van der Waals surface area contributed by atoms with E-state index in [9.17, 15) is 24.4 Å². The number of nitriles is 2. The fourth-order valence-electron chi connectivity index (χ4n) is 6.06. The lowest BCUT2D eigenvalue weighted by atomic mass is 9.75. The van der Waals surface area contributed by atoms with Crippen molar-refractivity contribution >= 4 is 22.2 Å². The van der Waals surface area contributed by atoms with Crippen LogP contribution in [0.25, 0.3) is 16.8 Å². The standard InChI is InChI=1S/C31H34N6O3S/c32-19-22-4-3-5-25(18-22)37-20-28(23-8-10-24(11-9-23)36-14-16-41(39,40)17-15-36)29(35-37)26-6-1-2-7-27(26)30(38)34-31(21-33)12-13-31/h3-5,8-11,18,20,26-27,39-40H,1-2,6-7,12-17H2,(H,34,38)/t26-,27-/m1/s1. The zero-order valence-corrected chi connectivity index (χ0v) is 23.7. The summed E-state index contributed by atoms with van der Waals surface area (Å²) < 4.78 is 21.8. The lowest BCUT2D eigenvalue weighted by Crippen LogP contribution is -2.42. The molecular weight excluding hydrogens is 536 g/mol. The predicted molar refractivity (Wildman–Crippen MR) is 159 cm³/mol. The molecule has 0 spiro atoms. The summed E-state index contributed by atoms with van der Waals surface area (Å²) in [5, 5.41) is 27.1. The van der Waals surface area contributed by atoms with Crippen LogP contribution in [0.3, 0.4) is 0 Å². The highest BCUT2D eigenvalue weighted by molar-refractivity contribution is 8.24. The van der Waals surface area contributed by atoms with Crippen LogP contribution in [0.15, 0.2) is 54.7 Å². The van der Waals surface area contributed by atoms with Gasteiger partial charge < -0.3 is 10.2 Å². The zero-order chi connectivity index (χ0) is 28.6. The highest BCUT2D eigenvalue weighted by atomic mass is 32.3. The van der Waals surface area contributed by atoms with Crippen molar-refractivity contribution in [1.29, 1.82) is 10.5 Å². The largest absolute Gasteiger partial charge is 0.368 e. The third-order valence-corrected chi connectivity index (χ3v) is 10.4. The number of nitrogens with one attached hydrogen (secondary N) is 1. The summed E-state index contributed by atoms with van der Waals surface area (Å²) in [7, 11) is -2.47. The van der Waals surface area contributed by atoms with E-state index < -0.39 is 16.1 Å². The second-order valence-electron chi connectivity index (χ2n) is 11.5. The Hall–Kier alpha value is -3.83. The molecule has 0 unspecified atom stereocenters. The molecule has 2 saturated carbocycles. The first-order valence-electron chi connectivity index (χ1n) is 14.2. The van der Waals surface area contributed by atoms with Gasteiger partial charge in [0.15, 0.2) is 0 Å². The summed E-state index contributed by atoms with van der Waals surface area (Å²) in [6.07, 6.45) is 6.93. The summed E-state index contributed by atoms with van der Waals surface area (Å²) >= 11 is 0. The molecule has 1 amide bonds. The van der Waals surface area contributed by atoms with Crippen molar-refractivity contribution in [3.05, 3.63) is 66.0 Å². The highest BCUT2D eigenvalue weighted by Gasteiger charge is 2.47. The Morgan fingerprint density at radius 1 is 1.02 bits per heavy atom. The molecule has 6 rings (SSSR count). The molecule has 3 fully saturated rings. The predicted octanol–water partition coefficient (Wildman–Crippen LogP) is 5.43. The van der Waals surface area contributed by atoms with Crippen LogP contribution in [0.1, 0.15) is 55.7 Å². The molecular formula is C31H34N6O3S. The van der Waals surface area contributed by atoms with Crippen molar-refractivity contribution in [2.24, 2.45) is 5.92 Å². The molecule has 41 heavy (non-hydrogen) atoms. The Balaban J connectivity index is 1.35. The van der Waals surface area contributed by atoms with Gasteiger partial charge in [-0.2, -0.15) is 26.2 Å². The molecule has 3 aromatic rings. The molecule has 0 bridgehead atoms. The number of hydrogen-bond acceptors (Lipinski definition) is 7. The van der Waals surface area contributed by atoms with Crippen molar-refractivity contribution in [2.45, 2.75) is 50.0 Å². The number of hydrogen-bond donors (Lipinski definition) is 3. The number of anilines is 1. The number of rotatable bonds is 6. The smallest absolute Gasteiger partial charge is 0.225 e. The zero-order valence-electron chi connectivity index (χ0n) is 22.9. The molecule has 212 valence electrons. The van der Waals surface area contributed by atoms with Gasteiger partial charge in [0.25, 0.3) is 0 Å². The molecule has 3 N–H and O–H groups in total. The van der Waals surface area contributed by atoms with E-state index in [1.165, 1.54) is 0 Å². The van der Waals surface area contributed by atoms with Gasteiger partial charge in [-0.05, 0) is 61.6 Å². The topological polar surface area (TPSA) is 138 Å². The van der Waals surface area contributed by atoms with Crippen LogP contribution in [-0.2, 0) is 4.79 Å². The molecule has 1 aliphatic heterocycles. The second-order valence-corrected chi connectivity index (χ2v) is 13.9. The minimum Gasteiger partial charge on any atom is -0.368 e. The fraction of sp³-hybridized carbons (Fsp3) is 0.419. The second kappa shape index (κ2) is 10.9. The normalized spacial score (nSPS) is 23.6. The highest BCUT2D eigenvalue weighted by Crippen LogP contribution is 2.44. The van der Waals surface area contributed by atoms with Crippen molar-refractivity contribution in [3.63, 3.8) is 0 Å². The minimum atomic E-state index is -2.47. The number of carbonyl (C=O) groups excluding carboxylic acids is 1. The van der Waals surface area contributed by atoms with Crippen LogP contribution < -0.4 is 10.2 Å². The third kappa shape index (κ3) is 5.69. The molecule has 3 aliphatic rings. The Morgan fingerprint density at radius 3 is 2.44 bits per heavy atom. The van der Waals surface area contributed by atoms with Gasteiger partial charge in [0.1, 0.15) is 5.54 Å². The SMILES string of the molecule is N#Cc1cccc(-n2cc(-c3ccc(N4CCS(O)(O)CC4)cc3)c([C@@H]3CCCC[C@H]3C(=O)NC3(C#N)CC3)n2)c1. The van der Waals surface area contributed by atoms with Gasteiger partial charge in [-0.3, -0.25) is 13.9 Å². The molecule has 2 heterocycles. The maximum Gasteiger partial charge on any atom is 0.225 e. The minimum absolute atomic E-state index is 0.0628. The Labute approximate surface area is 241 Å². The average Bonchev–Trinajstić information content (AvgIpc) is 3.63. The number of aromatic nitrogens is 2. The van der Waals surface area contributed by atoms with E-state index in [1.54, 1.807) is 16.8 Å². The van der Waals surface area contributed by atoms with Crippen molar-refractivity contribution in [1.82, 2.24) is 15.1 Å². The average molecular weight is 571 g/mol. The van der Waals surface area contributed by atoms with Crippen LogP contribution >= 0.6 is 10.6 Å². The summed E-state index contributed by atoms with van der Waals surface area (Å²) in [5.41, 5.74) is 4.42.